The molecule has 8 heteroatoms. The van der Waals surface area contributed by atoms with E-state index in [1.54, 1.807) is 6.20 Å². The Morgan fingerprint density at radius 1 is 0.829 bits per heavy atom. The molecule has 5 rings (SSSR count). The predicted octanol–water partition coefficient (Wildman–Crippen LogP) is 7.70. The third-order valence-corrected chi connectivity index (χ3v) is 12.3. The van der Waals surface area contributed by atoms with Gasteiger partial charge >= 0.3 is 0 Å². The molecule has 178 valence electrons. The maximum atomic E-state index is 4.56. The molecule has 35 heavy (non-hydrogen) atoms. The van der Waals surface area contributed by atoms with E-state index in [2.05, 4.69) is 95.8 Å². The number of hydrogen-bond donors (Lipinski definition) is 2. The van der Waals surface area contributed by atoms with E-state index in [0.29, 0.717) is 0 Å². The van der Waals surface area contributed by atoms with Crippen molar-refractivity contribution in [1.29, 1.82) is 0 Å². The van der Waals surface area contributed by atoms with E-state index >= 15 is 0 Å². The number of rotatable bonds is 8. The Hall–Kier alpha value is -2.81. The van der Waals surface area contributed by atoms with Gasteiger partial charge < -0.3 is 9.97 Å². The van der Waals surface area contributed by atoms with Crippen molar-refractivity contribution >= 4 is 35.8 Å². The van der Waals surface area contributed by atoms with Crippen molar-refractivity contribution in [2.24, 2.45) is 0 Å². The lowest BCUT2D eigenvalue weighted by Crippen LogP contribution is -2.05. The topological polar surface area (TPSA) is 70.2 Å². The third-order valence-electron chi connectivity index (χ3n) is 6.00. The van der Waals surface area contributed by atoms with Crippen LogP contribution in [-0.4, -0.2) is 37.4 Å². The van der Waals surface area contributed by atoms with Gasteiger partial charge in [-0.05, 0) is 65.1 Å². The first-order chi connectivity index (χ1) is 17.0. The largest absolute Gasteiger partial charge is 0.345 e. The smallest absolute Gasteiger partial charge is 0.137 e. The Balaban J connectivity index is 1.54. The van der Waals surface area contributed by atoms with Crippen LogP contribution in [0.15, 0.2) is 90.2 Å². The minimum absolute atomic E-state index is 0.902. The zero-order chi connectivity index (χ0) is 24.3. The summed E-state index contributed by atoms with van der Waals surface area (Å²) in [5, 5.41) is 0. The number of aromatic nitrogens is 5. The van der Waals surface area contributed by atoms with Crippen molar-refractivity contribution in [2.75, 3.05) is 12.5 Å². The van der Waals surface area contributed by atoms with Gasteiger partial charge in [-0.3, -0.25) is 4.98 Å². The molecule has 0 aliphatic rings. The van der Waals surface area contributed by atoms with E-state index in [1.165, 1.54) is 16.7 Å². The lowest BCUT2D eigenvalue weighted by atomic mass is 10.0. The van der Waals surface area contributed by atoms with Crippen molar-refractivity contribution in [3.05, 3.63) is 101 Å². The minimum Gasteiger partial charge on any atom is -0.345 e. The SMILES string of the molecule is CSS(C)(Cc1cc(Br)ccc1-c1ncc[nH]1)Cc1cc(-c2cccnc2)ccc1-c1ncc[nH]1. The summed E-state index contributed by atoms with van der Waals surface area (Å²) in [6, 6.07) is 17.2. The van der Waals surface area contributed by atoms with Crippen molar-refractivity contribution in [3.8, 4) is 33.9 Å². The Morgan fingerprint density at radius 2 is 1.49 bits per heavy atom. The zero-order valence-corrected chi connectivity index (χ0v) is 22.8. The molecule has 0 aliphatic carbocycles. The number of nitrogens with zero attached hydrogens (tertiary/aromatic N) is 3. The average Bonchev–Trinajstić information content (AvgIpc) is 3.60. The highest BCUT2D eigenvalue weighted by molar-refractivity contribution is 9.10. The van der Waals surface area contributed by atoms with Crippen LogP contribution in [0, 0.1) is 0 Å². The van der Waals surface area contributed by atoms with E-state index in [-0.39, 0.29) is 0 Å². The normalized spacial score (nSPS) is 13.9. The summed E-state index contributed by atoms with van der Waals surface area (Å²) in [5.41, 5.74) is 7.18. The highest BCUT2D eigenvalue weighted by atomic mass is 79.9. The van der Waals surface area contributed by atoms with Crippen molar-refractivity contribution in [1.82, 2.24) is 24.9 Å². The molecule has 0 radical (unpaired) electrons. The predicted molar refractivity (Wildman–Crippen MR) is 153 cm³/mol. The molecule has 0 aliphatic heterocycles. The number of aromatic amines is 2. The summed E-state index contributed by atoms with van der Waals surface area (Å²) in [4.78, 5) is 20.0. The standard InChI is InChI=1S/C27H26BrN5S2/c1-34-35(2,18-22-15-23(28)6-8-25(22)27-32-12-13-33-27)17-21-14-19(20-4-3-9-29-16-20)5-7-24(21)26-30-10-11-31-26/h3-16H,17-18H2,1-2H3,(H,30,31)(H,32,33). The number of hydrogen-bond acceptors (Lipinski definition) is 4. The van der Waals surface area contributed by atoms with Crippen molar-refractivity contribution < 1.29 is 0 Å². The Labute approximate surface area is 219 Å². The van der Waals surface area contributed by atoms with E-state index in [1.807, 2.05) is 47.8 Å². The van der Waals surface area contributed by atoms with Gasteiger partial charge in [0.05, 0.1) is 0 Å². The first kappa shape index (κ1) is 23.9. The molecule has 0 saturated heterocycles. The summed E-state index contributed by atoms with van der Waals surface area (Å²) in [6.45, 7) is 0. The molecule has 2 aromatic carbocycles. The van der Waals surface area contributed by atoms with E-state index < -0.39 is 9.06 Å². The lowest BCUT2D eigenvalue weighted by molar-refractivity contribution is 1.25. The first-order valence-corrected chi connectivity index (χ1v) is 16.1. The van der Waals surface area contributed by atoms with Crippen LogP contribution >= 0.6 is 35.8 Å². The molecule has 1 atom stereocenters. The van der Waals surface area contributed by atoms with Gasteiger partial charge in [0.25, 0.3) is 0 Å². The maximum Gasteiger partial charge on any atom is 0.137 e. The van der Waals surface area contributed by atoms with E-state index in [0.717, 1.165) is 44.3 Å². The van der Waals surface area contributed by atoms with Gasteiger partial charge in [-0.2, -0.15) is 9.06 Å². The number of pyridine rings is 1. The molecule has 5 aromatic rings. The van der Waals surface area contributed by atoms with Crippen LogP contribution in [0.2, 0.25) is 0 Å². The van der Waals surface area contributed by atoms with Gasteiger partial charge in [0, 0.05) is 64.3 Å². The van der Waals surface area contributed by atoms with Crippen LogP contribution in [0.4, 0.5) is 0 Å². The third kappa shape index (κ3) is 5.39. The lowest BCUT2D eigenvalue weighted by Gasteiger charge is -2.35. The van der Waals surface area contributed by atoms with Gasteiger partial charge in [-0.25, -0.2) is 9.97 Å². The monoisotopic (exact) mass is 563 g/mol. The first-order valence-electron chi connectivity index (χ1n) is 11.2. The van der Waals surface area contributed by atoms with Gasteiger partial charge in [-0.15, -0.1) is 10.8 Å². The number of imidazole rings is 2. The number of nitrogens with one attached hydrogen (secondary N) is 2. The van der Waals surface area contributed by atoms with Crippen LogP contribution in [-0.2, 0) is 11.5 Å². The summed E-state index contributed by atoms with van der Waals surface area (Å²) in [6.07, 6.45) is 15.8. The van der Waals surface area contributed by atoms with Gasteiger partial charge in [0.15, 0.2) is 0 Å². The van der Waals surface area contributed by atoms with Crippen LogP contribution in [0.3, 0.4) is 0 Å². The minimum atomic E-state index is -1.13. The Morgan fingerprint density at radius 3 is 2.06 bits per heavy atom. The number of benzene rings is 2. The highest BCUT2D eigenvalue weighted by Crippen LogP contribution is 2.61. The fraction of sp³-hybridized carbons (Fsp3) is 0.148. The second-order valence-corrected chi connectivity index (χ2v) is 16.0. The second-order valence-electron chi connectivity index (χ2n) is 8.43. The van der Waals surface area contributed by atoms with E-state index in [9.17, 15) is 0 Å². The Kier molecular flexibility index (Phi) is 7.13. The molecular formula is C27H26BrN5S2. The number of halogens is 1. The molecule has 1 unspecified atom stereocenters. The van der Waals surface area contributed by atoms with Crippen molar-refractivity contribution in [2.45, 2.75) is 11.5 Å². The molecule has 2 N–H and O–H groups in total. The molecule has 0 bridgehead atoms. The molecule has 3 aromatic heterocycles. The average molecular weight is 565 g/mol. The molecule has 0 spiro atoms. The molecule has 5 nitrogen and oxygen atoms in total. The van der Waals surface area contributed by atoms with Gasteiger partial charge in [-0.1, -0.05) is 34.1 Å². The molecule has 0 amide bonds. The van der Waals surface area contributed by atoms with E-state index in [4.69, 9.17) is 0 Å². The van der Waals surface area contributed by atoms with Crippen molar-refractivity contribution in [3.63, 3.8) is 0 Å². The summed E-state index contributed by atoms with van der Waals surface area (Å²) in [5.74, 6) is 3.74. The maximum absolute atomic E-state index is 4.56. The summed E-state index contributed by atoms with van der Waals surface area (Å²) >= 11 is 3.68. The van der Waals surface area contributed by atoms with Gasteiger partial charge in [0.1, 0.15) is 11.6 Å². The molecule has 0 saturated carbocycles. The fourth-order valence-electron chi connectivity index (χ4n) is 4.22. The number of H-pyrrole nitrogens is 2. The van der Waals surface area contributed by atoms with Crippen LogP contribution in [0.5, 0.6) is 0 Å². The molecule has 0 fully saturated rings. The molecule has 3 heterocycles. The highest BCUT2D eigenvalue weighted by Gasteiger charge is 2.24. The fourth-order valence-corrected chi connectivity index (χ4v) is 8.23. The van der Waals surface area contributed by atoms with Gasteiger partial charge in [0.2, 0.25) is 0 Å². The van der Waals surface area contributed by atoms with Crippen LogP contribution < -0.4 is 0 Å². The zero-order valence-electron chi connectivity index (χ0n) is 19.5. The summed E-state index contributed by atoms with van der Waals surface area (Å²) in [7, 11) is 0.847. The van der Waals surface area contributed by atoms with Crippen LogP contribution in [0.25, 0.3) is 33.9 Å². The van der Waals surface area contributed by atoms with Crippen LogP contribution in [0.1, 0.15) is 11.1 Å². The molecular weight excluding hydrogens is 538 g/mol. The Bertz CT molecular complexity index is 1410. The second kappa shape index (κ2) is 10.4. The summed E-state index contributed by atoms with van der Waals surface area (Å²) < 4.78 is 1.08. The quantitative estimate of drug-likeness (QED) is 0.190.